The summed E-state index contributed by atoms with van der Waals surface area (Å²) in [6.45, 7) is 1.37. The minimum absolute atomic E-state index is 0.0679. The first kappa shape index (κ1) is 14.9. The number of carbonyl (C=O) groups excluding carboxylic acids is 1. The summed E-state index contributed by atoms with van der Waals surface area (Å²) in [5.74, 6) is 0.740. The van der Waals surface area contributed by atoms with Crippen molar-refractivity contribution in [1.29, 1.82) is 0 Å². The van der Waals surface area contributed by atoms with Crippen molar-refractivity contribution in [3.05, 3.63) is 54.1 Å². The number of fused-ring (bicyclic) bond motifs is 1. The molecule has 1 fully saturated rings. The fourth-order valence-electron chi connectivity index (χ4n) is 2.98. The van der Waals surface area contributed by atoms with E-state index in [9.17, 15) is 4.79 Å². The van der Waals surface area contributed by atoms with Gasteiger partial charge in [-0.15, -0.1) is 0 Å². The fourth-order valence-corrected chi connectivity index (χ4v) is 2.98. The number of imidazole rings is 1. The Morgan fingerprint density at radius 2 is 2.04 bits per heavy atom. The molecule has 5 heteroatoms. The summed E-state index contributed by atoms with van der Waals surface area (Å²) < 4.78 is 5.52. The first-order valence-corrected chi connectivity index (χ1v) is 8.24. The van der Waals surface area contributed by atoms with Crippen LogP contribution in [0.15, 0.2) is 48.5 Å². The van der Waals surface area contributed by atoms with Gasteiger partial charge in [-0.3, -0.25) is 4.79 Å². The molecule has 1 aliphatic rings. The number of nitrogens with one attached hydrogen (secondary N) is 2. The molecule has 0 bridgehead atoms. The smallest absolute Gasteiger partial charge is 0.251 e. The van der Waals surface area contributed by atoms with Crippen LogP contribution in [0.5, 0.6) is 0 Å². The Morgan fingerprint density at radius 3 is 2.79 bits per heavy atom. The third-order valence-corrected chi connectivity index (χ3v) is 4.32. The summed E-state index contributed by atoms with van der Waals surface area (Å²) in [7, 11) is 0. The summed E-state index contributed by atoms with van der Waals surface area (Å²) in [6.07, 6.45) is 2.25. The molecule has 1 amide bonds. The first-order chi connectivity index (χ1) is 11.8. The fraction of sp³-hybridized carbons (Fsp3) is 0.263. The molecule has 4 rings (SSSR count). The first-order valence-electron chi connectivity index (χ1n) is 8.24. The van der Waals surface area contributed by atoms with E-state index >= 15 is 0 Å². The van der Waals surface area contributed by atoms with Crippen LogP contribution in [0.1, 0.15) is 23.2 Å². The van der Waals surface area contributed by atoms with Crippen LogP contribution < -0.4 is 5.32 Å². The summed E-state index contributed by atoms with van der Waals surface area (Å²) in [6, 6.07) is 15.4. The lowest BCUT2D eigenvalue weighted by Gasteiger charge is -2.10. The van der Waals surface area contributed by atoms with Gasteiger partial charge in [-0.25, -0.2) is 4.98 Å². The number of ether oxygens (including phenoxy) is 1. The maximum atomic E-state index is 12.2. The van der Waals surface area contributed by atoms with Crippen molar-refractivity contribution in [2.24, 2.45) is 0 Å². The molecular formula is C19H19N3O2. The van der Waals surface area contributed by atoms with Gasteiger partial charge in [0.15, 0.2) is 0 Å². The second kappa shape index (κ2) is 6.45. The van der Waals surface area contributed by atoms with E-state index in [2.05, 4.69) is 15.3 Å². The van der Waals surface area contributed by atoms with E-state index in [0.29, 0.717) is 12.1 Å². The van der Waals surface area contributed by atoms with Crippen LogP contribution in [0, 0.1) is 0 Å². The highest BCUT2D eigenvalue weighted by Crippen LogP contribution is 2.20. The normalized spacial score (nSPS) is 17.2. The van der Waals surface area contributed by atoms with Gasteiger partial charge < -0.3 is 15.0 Å². The van der Waals surface area contributed by atoms with Crippen LogP contribution in [0.2, 0.25) is 0 Å². The van der Waals surface area contributed by atoms with Crippen LogP contribution in [-0.2, 0) is 4.74 Å². The van der Waals surface area contributed by atoms with Crippen LogP contribution in [0.3, 0.4) is 0 Å². The third-order valence-electron chi connectivity index (χ3n) is 4.32. The van der Waals surface area contributed by atoms with E-state index < -0.39 is 0 Å². The number of carbonyl (C=O) groups is 1. The summed E-state index contributed by atoms with van der Waals surface area (Å²) in [4.78, 5) is 20.1. The molecule has 122 valence electrons. The molecule has 1 aromatic heterocycles. The quantitative estimate of drug-likeness (QED) is 0.776. The number of hydrogen-bond acceptors (Lipinski definition) is 3. The predicted molar refractivity (Wildman–Crippen MR) is 92.8 cm³/mol. The van der Waals surface area contributed by atoms with Gasteiger partial charge in [0.2, 0.25) is 0 Å². The number of amides is 1. The number of para-hydroxylation sites is 2. The molecule has 1 unspecified atom stereocenters. The molecule has 1 saturated heterocycles. The van der Waals surface area contributed by atoms with Gasteiger partial charge in [0.05, 0.1) is 17.1 Å². The zero-order valence-electron chi connectivity index (χ0n) is 13.3. The van der Waals surface area contributed by atoms with Crippen molar-refractivity contribution in [2.45, 2.75) is 18.9 Å². The molecular weight excluding hydrogens is 302 g/mol. The third kappa shape index (κ3) is 3.03. The number of aromatic amines is 1. The summed E-state index contributed by atoms with van der Waals surface area (Å²) in [5, 5.41) is 2.93. The number of benzene rings is 2. The highest BCUT2D eigenvalue weighted by molar-refractivity contribution is 5.94. The maximum Gasteiger partial charge on any atom is 0.251 e. The van der Waals surface area contributed by atoms with Crippen molar-refractivity contribution in [2.75, 3.05) is 13.2 Å². The molecule has 0 saturated carbocycles. The molecule has 1 aliphatic heterocycles. The Labute approximate surface area is 140 Å². The van der Waals surface area contributed by atoms with Crippen molar-refractivity contribution in [3.8, 4) is 11.4 Å². The van der Waals surface area contributed by atoms with E-state index in [4.69, 9.17) is 4.74 Å². The highest BCUT2D eigenvalue weighted by atomic mass is 16.5. The molecule has 1 atom stereocenters. The lowest BCUT2D eigenvalue weighted by molar-refractivity contribution is 0.0858. The number of hydrogen-bond donors (Lipinski definition) is 2. The van der Waals surface area contributed by atoms with Crippen LogP contribution in [0.4, 0.5) is 0 Å². The van der Waals surface area contributed by atoms with Gasteiger partial charge in [-0.1, -0.05) is 24.3 Å². The van der Waals surface area contributed by atoms with Crippen LogP contribution in [0.25, 0.3) is 22.4 Å². The zero-order valence-corrected chi connectivity index (χ0v) is 13.3. The largest absolute Gasteiger partial charge is 0.376 e. The second-order valence-electron chi connectivity index (χ2n) is 6.02. The lowest BCUT2D eigenvalue weighted by Crippen LogP contribution is -2.31. The number of rotatable bonds is 4. The predicted octanol–water partition coefficient (Wildman–Crippen LogP) is 3.14. The van der Waals surface area contributed by atoms with E-state index in [1.54, 1.807) is 0 Å². The Kier molecular flexibility index (Phi) is 4.01. The minimum Gasteiger partial charge on any atom is -0.376 e. The summed E-state index contributed by atoms with van der Waals surface area (Å²) in [5.41, 5.74) is 3.55. The number of H-pyrrole nitrogens is 1. The van der Waals surface area contributed by atoms with Crippen molar-refractivity contribution >= 4 is 16.9 Å². The summed E-state index contributed by atoms with van der Waals surface area (Å²) >= 11 is 0. The van der Waals surface area contributed by atoms with Gasteiger partial charge in [-0.2, -0.15) is 0 Å². The molecule has 2 aromatic carbocycles. The van der Waals surface area contributed by atoms with Crippen LogP contribution >= 0.6 is 0 Å². The standard InChI is InChI=1S/C19H19N3O2/c23-19(20-12-15-4-3-11-24-15)14-9-7-13(8-10-14)18-21-16-5-1-2-6-17(16)22-18/h1-2,5-10,15H,3-4,11-12H2,(H,20,23)(H,21,22). The Bertz CT molecular complexity index is 815. The van der Waals surface area contributed by atoms with E-state index in [0.717, 1.165) is 41.9 Å². The number of nitrogens with zero attached hydrogens (tertiary/aromatic N) is 1. The highest BCUT2D eigenvalue weighted by Gasteiger charge is 2.16. The second-order valence-corrected chi connectivity index (χ2v) is 6.02. The van der Waals surface area contributed by atoms with Crippen molar-refractivity contribution in [1.82, 2.24) is 15.3 Å². The van der Waals surface area contributed by atoms with Gasteiger partial charge in [0.25, 0.3) is 5.91 Å². The van der Waals surface area contributed by atoms with Gasteiger partial charge >= 0.3 is 0 Å². The van der Waals surface area contributed by atoms with Gasteiger partial charge in [0, 0.05) is 24.3 Å². The van der Waals surface area contributed by atoms with Gasteiger partial charge in [0.1, 0.15) is 5.82 Å². The molecule has 0 spiro atoms. The van der Waals surface area contributed by atoms with Crippen molar-refractivity contribution < 1.29 is 9.53 Å². The SMILES string of the molecule is O=C(NCC1CCCO1)c1ccc(-c2nc3ccccc3[nH]2)cc1. The van der Waals surface area contributed by atoms with Crippen LogP contribution in [-0.4, -0.2) is 35.1 Å². The molecule has 2 N–H and O–H groups in total. The molecule has 0 aliphatic carbocycles. The molecule has 3 aromatic rings. The topological polar surface area (TPSA) is 67.0 Å². The van der Waals surface area contributed by atoms with E-state index in [1.807, 2.05) is 48.5 Å². The Hall–Kier alpha value is -2.66. The molecule has 24 heavy (non-hydrogen) atoms. The number of aromatic nitrogens is 2. The Balaban J connectivity index is 1.46. The maximum absolute atomic E-state index is 12.2. The minimum atomic E-state index is -0.0679. The average Bonchev–Trinajstić information content (AvgIpc) is 3.29. The van der Waals surface area contributed by atoms with E-state index in [1.165, 1.54) is 0 Å². The lowest BCUT2D eigenvalue weighted by atomic mass is 10.1. The molecule has 5 nitrogen and oxygen atoms in total. The van der Waals surface area contributed by atoms with E-state index in [-0.39, 0.29) is 12.0 Å². The zero-order chi connectivity index (χ0) is 16.4. The average molecular weight is 321 g/mol. The van der Waals surface area contributed by atoms with Crippen molar-refractivity contribution in [3.63, 3.8) is 0 Å². The van der Waals surface area contributed by atoms with Gasteiger partial charge in [-0.05, 0) is 37.1 Å². The molecule has 2 heterocycles. The monoisotopic (exact) mass is 321 g/mol. The Morgan fingerprint density at radius 1 is 1.21 bits per heavy atom. The molecule has 0 radical (unpaired) electrons.